The second-order valence-corrected chi connectivity index (χ2v) is 5.71. The molecular weight excluding hydrogens is 256 g/mol. The van der Waals surface area contributed by atoms with Gasteiger partial charge in [-0.1, -0.05) is 0 Å². The third-order valence-corrected chi connectivity index (χ3v) is 3.93. The molecule has 1 aliphatic carbocycles. The van der Waals surface area contributed by atoms with E-state index in [1.54, 1.807) is 0 Å². The van der Waals surface area contributed by atoms with E-state index in [9.17, 15) is 9.59 Å². The van der Waals surface area contributed by atoms with Gasteiger partial charge in [0.1, 0.15) is 0 Å². The van der Waals surface area contributed by atoms with Gasteiger partial charge in [-0.05, 0) is 26.8 Å². The fourth-order valence-corrected chi connectivity index (χ4v) is 2.65. The standard InChI is InChI=1S/C14H26N4O2/c1-3-18(12-4-5-12)14(20)11-16(2)10-13(19)17-8-6-15-7-9-17/h12,15H,3-11H2,1-2H3. The highest BCUT2D eigenvalue weighted by atomic mass is 16.2. The maximum Gasteiger partial charge on any atom is 0.236 e. The Morgan fingerprint density at radius 1 is 1.20 bits per heavy atom. The molecule has 2 aliphatic rings. The molecule has 6 nitrogen and oxygen atoms in total. The quantitative estimate of drug-likeness (QED) is 0.704. The summed E-state index contributed by atoms with van der Waals surface area (Å²) in [6.07, 6.45) is 2.26. The summed E-state index contributed by atoms with van der Waals surface area (Å²) in [6, 6.07) is 0.449. The van der Waals surface area contributed by atoms with E-state index in [2.05, 4.69) is 5.32 Å². The molecule has 1 heterocycles. The summed E-state index contributed by atoms with van der Waals surface area (Å²) in [5.74, 6) is 0.266. The molecule has 0 bridgehead atoms. The predicted molar refractivity (Wildman–Crippen MR) is 77.4 cm³/mol. The monoisotopic (exact) mass is 282 g/mol. The Kier molecular flexibility index (Phi) is 5.37. The molecule has 0 atom stereocenters. The van der Waals surface area contributed by atoms with Crippen LogP contribution in [0.25, 0.3) is 0 Å². The molecule has 0 aromatic carbocycles. The molecule has 0 aromatic rings. The van der Waals surface area contributed by atoms with E-state index in [1.165, 1.54) is 0 Å². The lowest BCUT2D eigenvalue weighted by molar-refractivity contribution is -0.135. The first-order valence-corrected chi connectivity index (χ1v) is 7.58. The second-order valence-electron chi connectivity index (χ2n) is 5.71. The van der Waals surface area contributed by atoms with E-state index in [0.29, 0.717) is 19.1 Å². The Morgan fingerprint density at radius 2 is 1.85 bits per heavy atom. The van der Waals surface area contributed by atoms with Crippen molar-refractivity contribution >= 4 is 11.8 Å². The van der Waals surface area contributed by atoms with E-state index in [-0.39, 0.29) is 11.8 Å². The minimum Gasteiger partial charge on any atom is -0.339 e. The third-order valence-electron chi connectivity index (χ3n) is 3.93. The number of rotatable bonds is 6. The fraction of sp³-hybridized carbons (Fsp3) is 0.857. The van der Waals surface area contributed by atoms with Crippen molar-refractivity contribution < 1.29 is 9.59 Å². The van der Waals surface area contributed by atoms with Gasteiger partial charge in [-0.3, -0.25) is 14.5 Å². The first-order chi connectivity index (χ1) is 9.61. The summed E-state index contributed by atoms with van der Waals surface area (Å²) in [4.78, 5) is 29.9. The molecule has 0 spiro atoms. The van der Waals surface area contributed by atoms with Crippen molar-refractivity contribution in [2.45, 2.75) is 25.8 Å². The van der Waals surface area contributed by atoms with Crippen LogP contribution in [0.3, 0.4) is 0 Å². The molecular formula is C14H26N4O2. The number of piperazine rings is 1. The minimum absolute atomic E-state index is 0.122. The van der Waals surface area contributed by atoms with E-state index in [1.807, 2.05) is 28.7 Å². The van der Waals surface area contributed by atoms with Crippen LogP contribution in [0.1, 0.15) is 19.8 Å². The van der Waals surface area contributed by atoms with Crippen molar-refractivity contribution in [1.82, 2.24) is 20.0 Å². The van der Waals surface area contributed by atoms with Crippen molar-refractivity contribution in [2.24, 2.45) is 0 Å². The molecule has 6 heteroatoms. The summed E-state index contributed by atoms with van der Waals surface area (Å²) < 4.78 is 0. The van der Waals surface area contributed by atoms with Crippen LogP contribution in [-0.2, 0) is 9.59 Å². The van der Waals surface area contributed by atoms with Gasteiger partial charge >= 0.3 is 0 Å². The van der Waals surface area contributed by atoms with Gasteiger partial charge in [0.05, 0.1) is 13.1 Å². The SMILES string of the molecule is CCN(C(=O)CN(C)CC(=O)N1CCNCC1)C1CC1. The zero-order chi connectivity index (χ0) is 14.5. The van der Waals surface area contributed by atoms with Crippen LogP contribution in [-0.4, -0.2) is 85.4 Å². The van der Waals surface area contributed by atoms with Gasteiger partial charge in [-0.2, -0.15) is 0 Å². The van der Waals surface area contributed by atoms with Crippen molar-refractivity contribution in [3.63, 3.8) is 0 Å². The Morgan fingerprint density at radius 3 is 2.40 bits per heavy atom. The van der Waals surface area contributed by atoms with Crippen LogP contribution in [0.4, 0.5) is 0 Å². The molecule has 1 saturated heterocycles. The van der Waals surface area contributed by atoms with Gasteiger partial charge < -0.3 is 15.1 Å². The highest BCUT2D eigenvalue weighted by Crippen LogP contribution is 2.26. The molecule has 1 aliphatic heterocycles. The van der Waals surface area contributed by atoms with Crippen LogP contribution in [0.15, 0.2) is 0 Å². The zero-order valence-electron chi connectivity index (χ0n) is 12.6. The summed E-state index contributed by atoms with van der Waals surface area (Å²) in [5, 5.41) is 3.23. The molecule has 0 unspecified atom stereocenters. The van der Waals surface area contributed by atoms with Crippen molar-refractivity contribution in [3.05, 3.63) is 0 Å². The van der Waals surface area contributed by atoms with Gasteiger partial charge in [-0.25, -0.2) is 0 Å². The molecule has 20 heavy (non-hydrogen) atoms. The molecule has 114 valence electrons. The van der Waals surface area contributed by atoms with Crippen LogP contribution in [0, 0.1) is 0 Å². The molecule has 2 rings (SSSR count). The number of nitrogens with zero attached hydrogens (tertiary/aromatic N) is 3. The Labute approximate surface area is 121 Å². The highest BCUT2D eigenvalue weighted by Gasteiger charge is 2.31. The molecule has 2 fully saturated rings. The van der Waals surface area contributed by atoms with Crippen molar-refractivity contribution in [1.29, 1.82) is 0 Å². The van der Waals surface area contributed by atoms with E-state index in [0.717, 1.165) is 45.6 Å². The van der Waals surface area contributed by atoms with E-state index < -0.39 is 0 Å². The number of likely N-dealkylation sites (N-methyl/N-ethyl adjacent to an activating group) is 2. The number of nitrogens with one attached hydrogen (secondary N) is 1. The summed E-state index contributed by atoms with van der Waals surface area (Å²) >= 11 is 0. The molecule has 0 radical (unpaired) electrons. The molecule has 2 amide bonds. The second kappa shape index (κ2) is 7.04. The number of carbonyl (C=O) groups is 2. The van der Waals surface area contributed by atoms with Gasteiger partial charge in [0.25, 0.3) is 0 Å². The van der Waals surface area contributed by atoms with Gasteiger partial charge in [0, 0.05) is 38.8 Å². The van der Waals surface area contributed by atoms with Crippen LogP contribution in [0.5, 0.6) is 0 Å². The predicted octanol–water partition coefficient (Wildman–Crippen LogP) is -0.639. The summed E-state index contributed by atoms with van der Waals surface area (Å²) in [7, 11) is 1.85. The first kappa shape index (κ1) is 15.3. The Balaban J connectivity index is 1.74. The molecule has 1 saturated carbocycles. The topological polar surface area (TPSA) is 55.9 Å². The number of hydrogen-bond acceptors (Lipinski definition) is 4. The largest absolute Gasteiger partial charge is 0.339 e. The Bertz CT molecular complexity index is 351. The molecule has 0 aromatic heterocycles. The minimum atomic E-state index is 0.122. The first-order valence-electron chi connectivity index (χ1n) is 7.58. The van der Waals surface area contributed by atoms with Gasteiger partial charge in [-0.15, -0.1) is 0 Å². The van der Waals surface area contributed by atoms with Gasteiger partial charge in [0.15, 0.2) is 0 Å². The lowest BCUT2D eigenvalue weighted by Crippen LogP contribution is -2.50. The smallest absolute Gasteiger partial charge is 0.236 e. The number of amides is 2. The number of carbonyl (C=O) groups excluding carboxylic acids is 2. The third kappa shape index (κ3) is 4.18. The zero-order valence-corrected chi connectivity index (χ0v) is 12.6. The summed E-state index contributed by atoms with van der Waals surface area (Å²) in [5.41, 5.74) is 0. The highest BCUT2D eigenvalue weighted by molar-refractivity contribution is 5.81. The van der Waals surface area contributed by atoms with Crippen molar-refractivity contribution in [2.75, 3.05) is 52.9 Å². The maximum absolute atomic E-state index is 12.2. The Hall–Kier alpha value is -1.14. The average Bonchev–Trinajstić information content (AvgIpc) is 3.25. The number of hydrogen-bond donors (Lipinski definition) is 1. The maximum atomic E-state index is 12.2. The van der Waals surface area contributed by atoms with Gasteiger partial charge in [0.2, 0.25) is 11.8 Å². The van der Waals surface area contributed by atoms with E-state index >= 15 is 0 Å². The van der Waals surface area contributed by atoms with Crippen LogP contribution >= 0.6 is 0 Å². The van der Waals surface area contributed by atoms with E-state index in [4.69, 9.17) is 0 Å². The lowest BCUT2D eigenvalue weighted by atomic mass is 10.3. The average molecular weight is 282 g/mol. The van der Waals surface area contributed by atoms with Crippen molar-refractivity contribution in [3.8, 4) is 0 Å². The molecule has 1 N–H and O–H groups in total. The van der Waals surface area contributed by atoms with Crippen LogP contribution in [0.2, 0.25) is 0 Å². The lowest BCUT2D eigenvalue weighted by Gasteiger charge is -2.29. The van der Waals surface area contributed by atoms with Crippen LogP contribution < -0.4 is 5.32 Å². The normalized spacial score (nSPS) is 19.2. The summed E-state index contributed by atoms with van der Waals surface area (Å²) in [6.45, 7) is 6.70. The fourth-order valence-electron chi connectivity index (χ4n) is 2.65.